The molecule has 6 aromatic rings. The molecular formula is C44H39N5. The molecule has 0 N–H and O–H groups in total. The van der Waals surface area contributed by atoms with Crippen LogP contribution in [0.25, 0.3) is 56.5 Å². The molecule has 4 aromatic carbocycles. The van der Waals surface area contributed by atoms with Crippen LogP contribution in [0.3, 0.4) is 0 Å². The first-order chi connectivity index (χ1) is 23.9. The summed E-state index contributed by atoms with van der Waals surface area (Å²) in [7, 11) is 0. The minimum Gasteiger partial charge on any atom is -0.256 e. The molecule has 2 aliphatic carbocycles. The first-order valence-electron chi connectivity index (χ1n) is 17.4. The van der Waals surface area contributed by atoms with E-state index in [4.69, 9.17) is 19.9 Å². The van der Waals surface area contributed by atoms with E-state index in [1.807, 2.05) is 48.5 Å². The molecule has 0 aliphatic heterocycles. The molecule has 2 bridgehead atoms. The molecule has 8 rings (SSSR count). The maximum atomic E-state index is 9.37. The van der Waals surface area contributed by atoms with Gasteiger partial charge in [-0.1, -0.05) is 80.6 Å². The number of nitrogens with zero attached hydrogens (tertiary/aromatic N) is 5. The summed E-state index contributed by atoms with van der Waals surface area (Å²) in [6.07, 6.45) is 8.70. The van der Waals surface area contributed by atoms with Crippen molar-refractivity contribution in [2.24, 2.45) is 17.8 Å². The second-order valence-corrected chi connectivity index (χ2v) is 14.4. The van der Waals surface area contributed by atoms with Gasteiger partial charge in [0, 0.05) is 28.5 Å². The number of hydrogen-bond donors (Lipinski definition) is 0. The molecule has 2 aliphatic rings. The predicted molar refractivity (Wildman–Crippen MR) is 196 cm³/mol. The van der Waals surface area contributed by atoms with Crippen LogP contribution in [0, 0.1) is 29.1 Å². The fourth-order valence-electron chi connectivity index (χ4n) is 8.68. The highest BCUT2D eigenvalue weighted by atomic mass is 15.0. The first kappa shape index (κ1) is 30.8. The lowest BCUT2D eigenvalue weighted by Gasteiger charge is -2.50. The summed E-state index contributed by atoms with van der Waals surface area (Å²) < 4.78 is 0. The van der Waals surface area contributed by atoms with Crippen LogP contribution in [0.4, 0.5) is 0 Å². The van der Waals surface area contributed by atoms with Gasteiger partial charge in [-0.2, -0.15) is 5.26 Å². The minimum absolute atomic E-state index is 0.239. The molecule has 2 unspecified atom stereocenters. The van der Waals surface area contributed by atoms with Gasteiger partial charge in [-0.25, -0.2) is 15.0 Å². The Morgan fingerprint density at radius 3 is 1.71 bits per heavy atom. The summed E-state index contributed by atoms with van der Waals surface area (Å²) in [5, 5.41) is 9.37. The van der Waals surface area contributed by atoms with Crippen LogP contribution in [0.15, 0.2) is 121 Å². The molecule has 2 aromatic heterocycles. The van der Waals surface area contributed by atoms with Gasteiger partial charge >= 0.3 is 0 Å². The summed E-state index contributed by atoms with van der Waals surface area (Å²) in [6.45, 7) is 4.87. The Labute approximate surface area is 288 Å². The van der Waals surface area contributed by atoms with Gasteiger partial charge in [-0.05, 0) is 120 Å². The fourth-order valence-corrected chi connectivity index (χ4v) is 8.68. The van der Waals surface area contributed by atoms with E-state index < -0.39 is 0 Å². The summed E-state index contributed by atoms with van der Waals surface area (Å²) in [5.74, 6) is 4.08. The first-order valence-corrected chi connectivity index (χ1v) is 17.4. The molecule has 0 spiro atoms. The van der Waals surface area contributed by atoms with Crippen LogP contribution in [-0.4, -0.2) is 19.9 Å². The van der Waals surface area contributed by atoms with Gasteiger partial charge in [0.05, 0.1) is 17.3 Å². The largest absolute Gasteiger partial charge is 0.256 e. The van der Waals surface area contributed by atoms with Crippen LogP contribution >= 0.6 is 0 Å². The van der Waals surface area contributed by atoms with Crippen LogP contribution in [-0.2, 0) is 5.41 Å². The Morgan fingerprint density at radius 1 is 0.571 bits per heavy atom. The zero-order chi connectivity index (χ0) is 33.4. The SMILES string of the molecule is C[C@@H]1CC2C[C@H](C)CC(c3ccc(-c4cc(-c5ccccc5)cc(-c5nc(-c6ccccc6)nc(-c6ccc(C#N)cc6)n5)c4)nc3)(C2)C1. The van der Waals surface area contributed by atoms with Gasteiger partial charge < -0.3 is 0 Å². The lowest BCUT2D eigenvalue weighted by atomic mass is 9.55. The Kier molecular flexibility index (Phi) is 8.09. The van der Waals surface area contributed by atoms with Crippen LogP contribution < -0.4 is 0 Å². The quantitative estimate of drug-likeness (QED) is 0.182. The van der Waals surface area contributed by atoms with Crippen LogP contribution in [0.2, 0.25) is 0 Å². The average Bonchev–Trinajstić information content (AvgIpc) is 3.14. The van der Waals surface area contributed by atoms with Crippen molar-refractivity contribution in [1.29, 1.82) is 5.26 Å². The molecule has 5 heteroatoms. The topological polar surface area (TPSA) is 75.3 Å². The standard InChI is InChI=1S/C44H39N5/c1-29-19-32-20-30(2)25-44(24-29,26-32)39-17-18-40(46-28-39)37-21-36(33-9-5-3-6-10-33)22-38(23-37)43-48-41(34-11-7-4-8-12-34)47-42(49-43)35-15-13-31(27-45)14-16-35/h3-18,21-23,28-30,32H,19-20,24-26H2,1-2H3/t29-,30+,32?,44?. The highest BCUT2D eigenvalue weighted by molar-refractivity contribution is 5.79. The van der Waals surface area contributed by atoms with Crippen molar-refractivity contribution in [2.75, 3.05) is 0 Å². The average molecular weight is 638 g/mol. The van der Waals surface area contributed by atoms with E-state index in [1.165, 1.54) is 37.7 Å². The maximum absolute atomic E-state index is 9.37. The molecule has 0 amide bonds. The van der Waals surface area contributed by atoms with E-state index in [1.54, 1.807) is 12.1 Å². The smallest absolute Gasteiger partial charge is 0.164 e. The molecule has 4 atom stereocenters. The van der Waals surface area contributed by atoms with Crippen molar-refractivity contribution in [3.63, 3.8) is 0 Å². The van der Waals surface area contributed by atoms with E-state index in [0.29, 0.717) is 23.0 Å². The summed E-state index contributed by atoms with van der Waals surface area (Å²) in [6, 6.07) is 41.1. The second-order valence-electron chi connectivity index (χ2n) is 14.4. The van der Waals surface area contributed by atoms with Crippen molar-refractivity contribution in [1.82, 2.24) is 19.9 Å². The third kappa shape index (κ3) is 6.27. The van der Waals surface area contributed by atoms with Crippen molar-refractivity contribution in [3.05, 3.63) is 133 Å². The molecule has 0 saturated heterocycles. The van der Waals surface area contributed by atoms with E-state index in [9.17, 15) is 5.26 Å². The van der Waals surface area contributed by atoms with Crippen molar-refractivity contribution >= 4 is 0 Å². The highest BCUT2D eigenvalue weighted by Gasteiger charge is 2.45. The van der Waals surface area contributed by atoms with Gasteiger partial charge in [-0.3, -0.25) is 4.98 Å². The Bertz CT molecular complexity index is 2110. The fraction of sp³-hybridized carbons (Fsp3) is 0.250. The summed E-state index contributed by atoms with van der Waals surface area (Å²) in [5.41, 5.74) is 9.01. The van der Waals surface area contributed by atoms with Crippen LogP contribution in [0.5, 0.6) is 0 Å². The van der Waals surface area contributed by atoms with Crippen molar-refractivity contribution < 1.29 is 0 Å². The Morgan fingerprint density at radius 2 is 1.12 bits per heavy atom. The van der Waals surface area contributed by atoms with Gasteiger partial charge in [0.2, 0.25) is 0 Å². The number of hydrogen-bond acceptors (Lipinski definition) is 5. The molecule has 2 saturated carbocycles. The number of benzene rings is 4. The van der Waals surface area contributed by atoms with E-state index in [2.05, 4.69) is 80.7 Å². The van der Waals surface area contributed by atoms with E-state index in [0.717, 1.165) is 56.8 Å². The van der Waals surface area contributed by atoms with Crippen molar-refractivity contribution in [2.45, 2.75) is 51.4 Å². The van der Waals surface area contributed by atoms with Crippen molar-refractivity contribution in [3.8, 4) is 62.6 Å². The summed E-state index contributed by atoms with van der Waals surface area (Å²) >= 11 is 0. The second kappa shape index (κ2) is 12.9. The molecule has 5 nitrogen and oxygen atoms in total. The number of nitriles is 1. The van der Waals surface area contributed by atoms with Crippen LogP contribution in [0.1, 0.15) is 57.1 Å². The lowest BCUT2D eigenvalue weighted by Crippen LogP contribution is -2.42. The molecule has 2 heterocycles. The third-order valence-electron chi connectivity index (χ3n) is 10.5. The molecule has 0 radical (unpaired) electrons. The number of pyridine rings is 1. The predicted octanol–water partition coefficient (Wildman–Crippen LogP) is 10.6. The van der Waals surface area contributed by atoms with E-state index in [-0.39, 0.29) is 5.41 Å². The maximum Gasteiger partial charge on any atom is 0.164 e. The zero-order valence-electron chi connectivity index (χ0n) is 28.1. The molecule has 49 heavy (non-hydrogen) atoms. The van der Waals surface area contributed by atoms with Gasteiger partial charge in [0.1, 0.15) is 0 Å². The molecular weight excluding hydrogens is 599 g/mol. The normalized spacial score (nSPS) is 21.5. The Hall–Kier alpha value is -5.47. The number of fused-ring (bicyclic) bond motifs is 2. The lowest BCUT2D eigenvalue weighted by molar-refractivity contribution is 0.0778. The minimum atomic E-state index is 0.239. The van der Waals surface area contributed by atoms with Gasteiger partial charge in [0.15, 0.2) is 17.5 Å². The zero-order valence-corrected chi connectivity index (χ0v) is 28.1. The molecule has 240 valence electrons. The monoisotopic (exact) mass is 637 g/mol. The van der Waals surface area contributed by atoms with Gasteiger partial charge in [0.25, 0.3) is 0 Å². The number of rotatable bonds is 6. The van der Waals surface area contributed by atoms with Gasteiger partial charge in [-0.15, -0.1) is 0 Å². The Balaban J connectivity index is 1.25. The summed E-state index contributed by atoms with van der Waals surface area (Å²) in [4.78, 5) is 20.1. The molecule has 2 fully saturated rings. The third-order valence-corrected chi connectivity index (χ3v) is 10.5. The van der Waals surface area contributed by atoms with E-state index >= 15 is 0 Å². The number of aromatic nitrogens is 4. The highest BCUT2D eigenvalue weighted by Crippen LogP contribution is 2.54.